The van der Waals surface area contributed by atoms with Crippen LogP contribution in [0.1, 0.15) is 5.56 Å². The molecule has 2 N–H and O–H groups in total. The van der Waals surface area contributed by atoms with E-state index in [9.17, 15) is 4.79 Å². The Balaban J connectivity index is 1.63. The molecule has 0 radical (unpaired) electrons. The number of halogens is 1. The van der Waals surface area contributed by atoms with Crippen LogP contribution in [0.5, 0.6) is 5.75 Å². The van der Waals surface area contributed by atoms with Crippen molar-refractivity contribution in [3.05, 3.63) is 59.1 Å². The van der Waals surface area contributed by atoms with Crippen LogP contribution in [0.2, 0.25) is 5.02 Å². The van der Waals surface area contributed by atoms with Crippen molar-refractivity contribution in [2.75, 3.05) is 12.4 Å². The van der Waals surface area contributed by atoms with E-state index in [1.807, 2.05) is 36.4 Å². The highest BCUT2D eigenvalue weighted by Gasteiger charge is 2.10. The number of carbonyl (C=O) groups excluding carboxylic acids is 1. The van der Waals surface area contributed by atoms with E-state index in [0.29, 0.717) is 10.8 Å². The van der Waals surface area contributed by atoms with Gasteiger partial charge in [-0.3, -0.25) is 15.2 Å². The van der Waals surface area contributed by atoms with Crippen molar-refractivity contribution in [3.63, 3.8) is 0 Å². The van der Waals surface area contributed by atoms with E-state index in [4.69, 9.17) is 16.3 Å². The molecule has 0 fully saturated rings. The molecule has 0 unspecified atom stereocenters. The van der Waals surface area contributed by atoms with Crippen molar-refractivity contribution in [3.8, 4) is 17.1 Å². The molecule has 122 valence electrons. The Hall–Kier alpha value is -2.86. The Morgan fingerprint density at radius 1 is 1.17 bits per heavy atom. The first kappa shape index (κ1) is 16.0. The second-order valence-electron chi connectivity index (χ2n) is 5.09. The lowest BCUT2D eigenvalue weighted by Gasteiger charge is -2.03. The van der Waals surface area contributed by atoms with Gasteiger partial charge in [-0.2, -0.15) is 4.98 Å². The first-order valence-corrected chi connectivity index (χ1v) is 7.63. The SMILES string of the molecule is COc1ccc(CC(=O)Nc2n[nH]c(-c3ccc(Cl)cc3)n2)cc1. The van der Waals surface area contributed by atoms with Gasteiger partial charge in [0, 0.05) is 10.6 Å². The highest BCUT2D eigenvalue weighted by molar-refractivity contribution is 6.30. The van der Waals surface area contributed by atoms with Gasteiger partial charge in [-0.05, 0) is 42.0 Å². The highest BCUT2D eigenvalue weighted by Crippen LogP contribution is 2.19. The molecule has 0 aliphatic rings. The van der Waals surface area contributed by atoms with E-state index in [1.54, 1.807) is 19.2 Å². The molecule has 7 heteroatoms. The van der Waals surface area contributed by atoms with E-state index in [0.717, 1.165) is 16.9 Å². The van der Waals surface area contributed by atoms with Gasteiger partial charge < -0.3 is 4.74 Å². The molecule has 0 aliphatic carbocycles. The van der Waals surface area contributed by atoms with Crippen molar-refractivity contribution in [1.82, 2.24) is 15.2 Å². The molecule has 1 aromatic heterocycles. The summed E-state index contributed by atoms with van der Waals surface area (Å²) in [4.78, 5) is 16.3. The number of ether oxygens (including phenoxy) is 1. The number of carbonyl (C=O) groups is 1. The smallest absolute Gasteiger partial charge is 0.249 e. The number of aromatic nitrogens is 3. The molecule has 0 atom stereocenters. The maximum atomic E-state index is 12.1. The quantitative estimate of drug-likeness (QED) is 0.745. The molecule has 0 saturated heterocycles. The summed E-state index contributed by atoms with van der Waals surface area (Å²) in [5.41, 5.74) is 1.71. The van der Waals surface area contributed by atoms with Crippen LogP contribution in [0.4, 0.5) is 5.95 Å². The minimum atomic E-state index is -0.193. The van der Waals surface area contributed by atoms with Gasteiger partial charge in [0.05, 0.1) is 13.5 Å². The van der Waals surface area contributed by atoms with Gasteiger partial charge in [0.2, 0.25) is 11.9 Å². The zero-order valence-corrected chi connectivity index (χ0v) is 13.7. The fourth-order valence-corrected chi connectivity index (χ4v) is 2.28. The lowest BCUT2D eigenvalue weighted by molar-refractivity contribution is -0.115. The molecule has 0 spiro atoms. The second-order valence-corrected chi connectivity index (χ2v) is 5.52. The highest BCUT2D eigenvalue weighted by atomic mass is 35.5. The number of hydrogen-bond donors (Lipinski definition) is 2. The summed E-state index contributed by atoms with van der Waals surface area (Å²) in [7, 11) is 1.60. The lowest BCUT2D eigenvalue weighted by Crippen LogP contribution is -2.15. The van der Waals surface area contributed by atoms with Gasteiger partial charge in [0.25, 0.3) is 0 Å². The van der Waals surface area contributed by atoms with Crippen molar-refractivity contribution in [1.29, 1.82) is 0 Å². The van der Waals surface area contributed by atoms with Gasteiger partial charge in [-0.25, -0.2) is 0 Å². The summed E-state index contributed by atoms with van der Waals surface area (Å²) >= 11 is 5.86. The normalized spacial score (nSPS) is 10.4. The Morgan fingerprint density at radius 3 is 2.54 bits per heavy atom. The minimum absolute atomic E-state index is 0.193. The summed E-state index contributed by atoms with van der Waals surface area (Å²) in [5, 5.41) is 10.1. The molecule has 2 aromatic carbocycles. The third kappa shape index (κ3) is 3.91. The maximum absolute atomic E-state index is 12.1. The number of benzene rings is 2. The summed E-state index contributed by atoms with van der Waals surface area (Å²) < 4.78 is 5.09. The summed E-state index contributed by atoms with van der Waals surface area (Å²) in [5.74, 6) is 1.35. The van der Waals surface area contributed by atoms with Crippen LogP contribution >= 0.6 is 11.6 Å². The van der Waals surface area contributed by atoms with Crippen molar-refractivity contribution in [2.24, 2.45) is 0 Å². The van der Waals surface area contributed by atoms with Crippen molar-refractivity contribution < 1.29 is 9.53 Å². The number of methoxy groups -OCH3 is 1. The van der Waals surface area contributed by atoms with E-state index in [-0.39, 0.29) is 18.3 Å². The summed E-state index contributed by atoms with van der Waals surface area (Å²) in [6.07, 6.45) is 0.231. The molecule has 3 rings (SSSR count). The molecule has 0 bridgehead atoms. The summed E-state index contributed by atoms with van der Waals surface area (Å²) in [6, 6.07) is 14.5. The molecule has 24 heavy (non-hydrogen) atoms. The van der Waals surface area contributed by atoms with Crippen LogP contribution < -0.4 is 10.1 Å². The summed E-state index contributed by atoms with van der Waals surface area (Å²) in [6.45, 7) is 0. The third-order valence-electron chi connectivity index (χ3n) is 3.38. The zero-order valence-electron chi connectivity index (χ0n) is 12.9. The van der Waals surface area contributed by atoms with Gasteiger partial charge in [0.1, 0.15) is 5.75 Å². The average molecular weight is 343 g/mol. The number of amides is 1. The number of nitrogens with one attached hydrogen (secondary N) is 2. The van der Waals surface area contributed by atoms with Crippen LogP contribution in [0, 0.1) is 0 Å². The number of anilines is 1. The van der Waals surface area contributed by atoms with E-state index >= 15 is 0 Å². The molecule has 6 nitrogen and oxygen atoms in total. The first-order chi connectivity index (χ1) is 11.6. The number of rotatable bonds is 5. The largest absolute Gasteiger partial charge is 0.497 e. The van der Waals surface area contributed by atoms with Gasteiger partial charge in [-0.15, -0.1) is 5.10 Å². The topological polar surface area (TPSA) is 79.9 Å². The predicted molar refractivity (Wildman–Crippen MR) is 92.2 cm³/mol. The minimum Gasteiger partial charge on any atom is -0.497 e. The van der Waals surface area contributed by atoms with Crippen LogP contribution in [-0.4, -0.2) is 28.2 Å². The van der Waals surface area contributed by atoms with E-state index in [2.05, 4.69) is 20.5 Å². The molecule has 0 aliphatic heterocycles. The molecule has 1 amide bonds. The van der Waals surface area contributed by atoms with Crippen molar-refractivity contribution >= 4 is 23.5 Å². The number of nitrogens with zero attached hydrogens (tertiary/aromatic N) is 2. The van der Waals surface area contributed by atoms with E-state index < -0.39 is 0 Å². The molecule has 1 heterocycles. The van der Waals surface area contributed by atoms with Crippen LogP contribution in [0.3, 0.4) is 0 Å². The molecular weight excluding hydrogens is 328 g/mol. The fraction of sp³-hybridized carbons (Fsp3) is 0.118. The van der Waals surface area contributed by atoms with Crippen molar-refractivity contribution in [2.45, 2.75) is 6.42 Å². The standard InChI is InChI=1S/C17H15ClN4O2/c1-24-14-8-2-11(3-9-14)10-15(23)19-17-20-16(21-22-17)12-4-6-13(18)7-5-12/h2-9H,10H2,1H3,(H2,19,20,21,22,23). The number of hydrogen-bond acceptors (Lipinski definition) is 4. The molecular formula is C17H15ClN4O2. The monoisotopic (exact) mass is 342 g/mol. The van der Waals surface area contributed by atoms with Crippen LogP contribution in [0.25, 0.3) is 11.4 Å². The van der Waals surface area contributed by atoms with Crippen LogP contribution in [-0.2, 0) is 11.2 Å². The lowest BCUT2D eigenvalue weighted by atomic mass is 10.1. The predicted octanol–water partition coefficient (Wildman–Crippen LogP) is 3.31. The second kappa shape index (κ2) is 7.14. The van der Waals surface area contributed by atoms with Gasteiger partial charge in [0.15, 0.2) is 5.82 Å². The maximum Gasteiger partial charge on any atom is 0.249 e. The Labute approximate surface area is 143 Å². The average Bonchev–Trinajstić information content (AvgIpc) is 3.04. The first-order valence-electron chi connectivity index (χ1n) is 7.25. The van der Waals surface area contributed by atoms with Crippen LogP contribution in [0.15, 0.2) is 48.5 Å². The number of aromatic amines is 1. The molecule has 3 aromatic rings. The molecule has 0 saturated carbocycles. The Bertz CT molecular complexity index is 829. The van der Waals surface area contributed by atoms with Gasteiger partial charge in [-0.1, -0.05) is 23.7 Å². The zero-order chi connectivity index (χ0) is 16.9. The van der Waals surface area contributed by atoms with Gasteiger partial charge >= 0.3 is 0 Å². The Morgan fingerprint density at radius 2 is 1.88 bits per heavy atom. The number of H-pyrrole nitrogens is 1. The Kier molecular flexibility index (Phi) is 4.77. The third-order valence-corrected chi connectivity index (χ3v) is 3.63. The van der Waals surface area contributed by atoms with E-state index in [1.165, 1.54) is 0 Å². The fourth-order valence-electron chi connectivity index (χ4n) is 2.15.